The molecule has 0 fully saturated rings. The number of aromatic hydroxyl groups is 1. The molecule has 0 aromatic heterocycles. The van der Waals surface area contributed by atoms with Gasteiger partial charge in [-0.3, -0.25) is 9.79 Å². The number of phosphoric ester groups is 1. The lowest BCUT2D eigenvalue weighted by atomic mass is 9.91. The van der Waals surface area contributed by atoms with E-state index < -0.39 is 13.8 Å². The first-order valence-electron chi connectivity index (χ1n) is 15.0. The molecular formula is C37H33O8P. The van der Waals surface area contributed by atoms with Crippen molar-refractivity contribution in [2.75, 3.05) is 6.61 Å². The summed E-state index contributed by atoms with van der Waals surface area (Å²) < 4.78 is 29.9. The summed E-state index contributed by atoms with van der Waals surface area (Å²) in [5.41, 5.74) is 5.70. The van der Waals surface area contributed by atoms with E-state index in [0.717, 1.165) is 11.1 Å². The molecule has 0 radical (unpaired) electrons. The molecule has 0 saturated heterocycles. The molecule has 3 N–H and O–H groups in total. The molecule has 6 rings (SSSR count). The number of hydrogen-bond acceptors (Lipinski definition) is 6. The van der Waals surface area contributed by atoms with Gasteiger partial charge in [-0.25, -0.2) is 9.36 Å². The molecule has 9 heteroatoms. The first-order valence-corrected chi connectivity index (χ1v) is 16.5. The molecule has 0 saturated carbocycles. The van der Waals surface area contributed by atoms with E-state index >= 15 is 0 Å². The van der Waals surface area contributed by atoms with Gasteiger partial charge < -0.3 is 19.1 Å². The molecule has 0 amide bonds. The summed E-state index contributed by atoms with van der Waals surface area (Å²) in [4.78, 5) is 33.3. The predicted molar refractivity (Wildman–Crippen MR) is 174 cm³/mol. The zero-order valence-corrected chi connectivity index (χ0v) is 26.1. The normalized spacial score (nSPS) is 12.7. The number of carbonyl (C=O) groups is 1. The van der Waals surface area contributed by atoms with E-state index in [-0.39, 0.29) is 30.8 Å². The minimum atomic E-state index is -4.96. The number of phenols is 1. The highest BCUT2D eigenvalue weighted by molar-refractivity contribution is 7.46. The van der Waals surface area contributed by atoms with Crippen molar-refractivity contribution in [3.8, 4) is 23.0 Å². The van der Waals surface area contributed by atoms with Crippen molar-refractivity contribution in [2.24, 2.45) is 0 Å². The maximum Gasteiger partial charge on any atom is 0.524 e. The second-order valence-corrected chi connectivity index (χ2v) is 12.3. The number of fused-ring (bicyclic) bond motifs is 8. The summed E-state index contributed by atoms with van der Waals surface area (Å²) in [6.07, 6.45) is 1.03. The van der Waals surface area contributed by atoms with Crippen molar-refractivity contribution >= 4 is 13.8 Å². The number of benzene rings is 5. The smallest absolute Gasteiger partial charge is 0.507 e. The van der Waals surface area contributed by atoms with Gasteiger partial charge in [0.25, 0.3) is 0 Å². The number of para-hydroxylation sites is 4. The van der Waals surface area contributed by atoms with Crippen molar-refractivity contribution < 1.29 is 38.3 Å². The van der Waals surface area contributed by atoms with Crippen LogP contribution >= 0.6 is 7.82 Å². The molecular weight excluding hydrogens is 603 g/mol. The van der Waals surface area contributed by atoms with E-state index in [9.17, 15) is 24.3 Å². The minimum Gasteiger partial charge on any atom is -0.507 e. The van der Waals surface area contributed by atoms with Crippen LogP contribution in [0.25, 0.3) is 0 Å². The fourth-order valence-corrected chi connectivity index (χ4v) is 6.40. The van der Waals surface area contributed by atoms with Gasteiger partial charge in [-0.15, -0.1) is 0 Å². The average molecular weight is 637 g/mol. The molecule has 0 aliphatic heterocycles. The highest BCUT2D eigenvalue weighted by atomic mass is 31.2. The zero-order chi connectivity index (χ0) is 32.3. The molecule has 0 spiro atoms. The van der Waals surface area contributed by atoms with Crippen LogP contribution < -0.4 is 14.0 Å². The standard InChI is InChI=1S/C37H33O8P/c1-2-43-34-27-14-7-15-28(34)22-31-18-9-19-32(36(31)45-46(40,41)42)23-30-17-8-16-29(21-26-13-6-12-25(20-27)33(26)38)35(30)44-37(39)24-10-4-3-5-11-24/h3-19,38H,2,20-23H2,1H3,(H2,40,41,42). The SMILES string of the molecule is CCOc1c2cccc1Cc1cccc(c1OP(=O)(O)O)Cc1cccc(c1OC(=O)c1ccccc1)Cc1cccc(c1O)C2. The minimum absolute atomic E-state index is 0.0596. The maximum absolute atomic E-state index is 13.4. The van der Waals surface area contributed by atoms with Crippen molar-refractivity contribution in [1.29, 1.82) is 0 Å². The van der Waals surface area contributed by atoms with E-state index in [1.165, 1.54) is 0 Å². The third-order valence-electron chi connectivity index (χ3n) is 7.96. The van der Waals surface area contributed by atoms with Gasteiger partial charge >= 0.3 is 13.8 Å². The fraction of sp³-hybridized carbons (Fsp3) is 0.162. The van der Waals surface area contributed by atoms with Crippen molar-refractivity contribution in [2.45, 2.75) is 32.6 Å². The van der Waals surface area contributed by atoms with Crippen LogP contribution in [0.3, 0.4) is 0 Å². The molecule has 1 aliphatic rings. The summed E-state index contributed by atoms with van der Waals surface area (Å²) >= 11 is 0. The Bertz CT molecular complexity index is 1950. The van der Waals surface area contributed by atoms with Crippen LogP contribution in [-0.2, 0) is 30.2 Å². The Morgan fingerprint density at radius 3 is 1.48 bits per heavy atom. The quantitative estimate of drug-likeness (QED) is 0.100. The summed E-state index contributed by atoms with van der Waals surface area (Å²) in [5.74, 6) is 0.614. The lowest BCUT2D eigenvalue weighted by molar-refractivity contribution is 0.0731. The van der Waals surface area contributed by atoms with Gasteiger partial charge in [0.2, 0.25) is 0 Å². The van der Waals surface area contributed by atoms with E-state index in [2.05, 4.69) is 0 Å². The van der Waals surface area contributed by atoms with Gasteiger partial charge in [-0.1, -0.05) is 91.0 Å². The zero-order valence-electron chi connectivity index (χ0n) is 25.2. The number of phenolic OH excluding ortho intramolecular Hbond substituents is 1. The highest BCUT2D eigenvalue weighted by Gasteiger charge is 2.25. The first kappa shape index (κ1) is 31.1. The van der Waals surface area contributed by atoms with Crippen molar-refractivity contribution in [1.82, 2.24) is 0 Å². The molecule has 5 aromatic rings. The van der Waals surface area contributed by atoms with E-state index in [4.69, 9.17) is 14.0 Å². The predicted octanol–water partition coefficient (Wildman–Crippen LogP) is 7.16. The number of phosphoric acid groups is 1. The van der Waals surface area contributed by atoms with Crippen LogP contribution in [0.1, 0.15) is 61.8 Å². The Morgan fingerprint density at radius 1 is 0.609 bits per heavy atom. The lowest BCUT2D eigenvalue weighted by Gasteiger charge is -2.21. The Hall–Kier alpha value is -4.88. The highest BCUT2D eigenvalue weighted by Crippen LogP contribution is 2.44. The van der Waals surface area contributed by atoms with Crippen molar-refractivity contribution in [3.63, 3.8) is 0 Å². The molecule has 5 aromatic carbocycles. The molecule has 8 nitrogen and oxygen atoms in total. The number of ether oxygens (including phenoxy) is 2. The van der Waals surface area contributed by atoms with Gasteiger partial charge in [0, 0.05) is 25.7 Å². The summed E-state index contributed by atoms with van der Waals surface area (Å²) in [6, 6.07) is 30.8. The molecule has 0 heterocycles. The van der Waals surface area contributed by atoms with E-state index in [1.807, 2.05) is 67.6 Å². The molecule has 0 unspecified atom stereocenters. The van der Waals surface area contributed by atoms with Crippen LogP contribution in [0.5, 0.6) is 23.0 Å². The number of rotatable bonds is 6. The summed E-state index contributed by atoms with van der Waals surface area (Å²) in [6.45, 7) is 2.30. The van der Waals surface area contributed by atoms with Crippen molar-refractivity contribution in [3.05, 3.63) is 153 Å². The average Bonchev–Trinajstić information content (AvgIpc) is 3.03. The Balaban J connectivity index is 1.57. The second kappa shape index (κ2) is 13.2. The van der Waals surface area contributed by atoms with Crippen LogP contribution in [0.2, 0.25) is 0 Å². The van der Waals surface area contributed by atoms with Gasteiger partial charge in [0.05, 0.1) is 12.2 Å². The number of hydrogen-bond donors (Lipinski definition) is 3. The van der Waals surface area contributed by atoms with E-state index in [1.54, 1.807) is 42.5 Å². The summed E-state index contributed by atoms with van der Waals surface area (Å²) in [5, 5.41) is 11.5. The van der Waals surface area contributed by atoms with Crippen LogP contribution in [0, 0.1) is 0 Å². The molecule has 46 heavy (non-hydrogen) atoms. The van der Waals surface area contributed by atoms with Crippen LogP contribution in [-0.4, -0.2) is 27.5 Å². The third kappa shape index (κ3) is 6.85. The molecule has 0 atom stereocenters. The van der Waals surface area contributed by atoms with Gasteiger partial charge in [0.1, 0.15) is 23.0 Å². The molecule has 234 valence electrons. The summed E-state index contributed by atoms with van der Waals surface area (Å²) in [7, 11) is -4.96. The Labute approximate surface area is 267 Å². The Kier molecular flexibility index (Phi) is 8.95. The largest absolute Gasteiger partial charge is 0.524 e. The fourth-order valence-electron chi connectivity index (χ4n) is 5.92. The van der Waals surface area contributed by atoms with Gasteiger partial charge in [-0.2, -0.15) is 0 Å². The first-order chi connectivity index (χ1) is 22.2. The molecule has 1 aliphatic carbocycles. The number of carbonyl (C=O) groups excluding carboxylic acids is 1. The lowest BCUT2D eigenvalue weighted by Crippen LogP contribution is -2.12. The monoisotopic (exact) mass is 636 g/mol. The Morgan fingerprint density at radius 2 is 1.02 bits per heavy atom. The number of esters is 1. The topological polar surface area (TPSA) is 123 Å². The van der Waals surface area contributed by atoms with Crippen LogP contribution in [0.15, 0.2) is 103 Å². The van der Waals surface area contributed by atoms with Gasteiger partial charge in [0.15, 0.2) is 0 Å². The maximum atomic E-state index is 13.4. The van der Waals surface area contributed by atoms with E-state index in [0.29, 0.717) is 63.5 Å². The third-order valence-corrected chi connectivity index (χ3v) is 8.38. The van der Waals surface area contributed by atoms with Gasteiger partial charge in [-0.05, 0) is 63.6 Å². The van der Waals surface area contributed by atoms with Crippen LogP contribution in [0.4, 0.5) is 0 Å². The molecule has 8 bridgehead atoms. The second-order valence-electron chi connectivity index (χ2n) is 11.1.